The highest BCUT2D eigenvalue weighted by atomic mass is 79.9. The van der Waals surface area contributed by atoms with Crippen molar-refractivity contribution in [2.24, 2.45) is 40.6 Å². The van der Waals surface area contributed by atoms with Gasteiger partial charge in [0.1, 0.15) is 11.5 Å². The number of rotatable bonds is 3. The van der Waals surface area contributed by atoms with Crippen molar-refractivity contribution in [2.75, 3.05) is 7.11 Å². The third kappa shape index (κ3) is 2.06. The molecule has 7 heteroatoms. The molecule has 1 heterocycles. The number of hydrogen-bond donors (Lipinski definition) is 1. The number of methoxy groups -OCH3 is 1. The molecule has 2 saturated carbocycles. The second-order valence-corrected chi connectivity index (χ2v) is 8.29. The molecule has 1 aromatic carbocycles. The van der Waals surface area contributed by atoms with Gasteiger partial charge in [-0.3, -0.25) is 9.59 Å². The quantitative estimate of drug-likeness (QED) is 0.466. The van der Waals surface area contributed by atoms with E-state index in [-0.39, 0.29) is 41.2 Å². The zero-order chi connectivity index (χ0) is 18.2. The van der Waals surface area contributed by atoms with E-state index in [0.717, 1.165) is 11.4 Å². The monoisotopic (exact) mass is 416 g/mol. The molecule has 26 heavy (non-hydrogen) atoms. The SMILES string of the molecule is COc1cc(Br)c(O)c(/C=N\N2C(=O)[C@@H]3[C@H]4C=C[C@@H]([C@@H]5C[C@H]45)[C@@H]3C2=O)c1. The maximum Gasteiger partial charge on any atom is 0.254 e. The number of hydrazone groups is 1. The molecule has 1 aromatic rings. The Morgan fingerprint density at radius 3 is 2.38 bits per heavy atom. The first-order chi connectivity index (χ1) is 12.5. The predicted octanol–water partition coefficient (Wildman–Crippen LogP) is 2.55. The molecule has 0 radical (unpaired) electrons. The van der Waals surface area contributed by atoms with E-state index in [1.807, 2.05) is 0 Å². The first-order valence-electron chi connectivity index (χ1n) is 8.68. The smallest absolute Gasteiger partial charge is 0.254 e. The molecule has 0 aromatic heterocycles. The minimum atomic E-state index is -0.274. The Morgan fingerprint density at radius 2 is 1.81 bits per heavy atom. The first-order valence-corrected chi connectivity index (χ1v) is 9.47. The van der Waals surface area contributed by atoms with E-state index < -0.39 is 0 Å². The third-order valence-corrected chi connectivity index (χ3v) is 6.86. The molecule has 6 atom stereocenters. The van der Waals surface area contributed by atoms with Crippen LogP contribution in [0.3, 0.4) is 0 Å². The minimum Gasteiger partial charge on any atom is -0.506 e. The van der Waals surface area contributed by atoms with Gasteiger partial charge in [0.2, 0.25) is 0 Å². The van der Waals surface area contributed by atoms with Crippen LogP contribution in [0.15, 0.2) is 33.9 Å². The van der Waals surface area contributed by atoms with Crippen LogP contribution in [0.1, 0.15) is 12.0 Å². The fourth-order valence-electron chi connectivity index (χ4n) is 4.99. The molecule has 1 aliphatic heterocycles. The number of carbonyl (C=O) groups excluding carboxylic acids is 2. The van der Waals surface area contributed by atoms with Crippen molar-refractivity contribution in [3.8, 4) is 11.5 Å². The molecule has 4 aliphatic carbocycles. The van der Waals surface area contributed by atoms with E-state index in [2.05, 4.69) is 33.2 Å². The molecule has 2 bridgehead atoms. The molecule has 5 aliphatic rings. The van der Waals surface area contributed by atoms with Crippen molar-refractivity contribution < 1.29 is 19.4 Å². The molecular formula is C19H17BrN2O4. The van der Waals surface area contributed by atoms with Crippen LogP contribution in [0.4, 0.5) is 0 Å². The highest BCUT2D eigenvalue weighted by Gasteiger charge is 2.67. The van der Waals surface area contributed by atoms with Crippen molar-refractivity contribution >= 4 is 34.0 Å². The lowest BCUT2D eigenvalue weighted by Gasteiger charge is -2.37. The summed E-state index contributed by atoms with van der Waals surface area (Å²) in [6, 6.07) is 3.23. The molecule has 3 fully saturated rings. The average Bonchev–Trinajstić information content (AvgIpc) is 3.42. The lowest BCUT2D eigenvalue weighted by molar-refractivity contribution is -0.140. The maximum atomic E-state index is 12.9. The van der Waals surface area contributed by atoms with Crippen LogP contribution in [-0.4, -0.2) is 35.3 Å². The van der Waals surface area contributed by atoms with Gasteiger partial charge in [0, 0.05) is 5.56 Å². The first kappa shape index (κ1) is 16.1. The summed E-state index contributed by atoms with van der Waals surface area (Å²) in [6.07, 6.45) is 6.73. The van der Waals surface area contributed by atoms with E-state index >= 15 is 0 Å². The van der Waals surface area contributed by atoms with E-state index in [1.165, 1.54) is 13.3 Å². The number of phenolic OH excluding ortho intramolecular Hbond substituents is 1. The summed E-state index contributed by atoms with van der Waals surface area (Å²) >= 11 is 3.25. The summed E-state index contributed by atoms with van der Waals surface area (Å²) in [5.74, 6) is 0.991. The number of allylic oxidation sites excluding steroid dienone is 2. The van der Waals surface area contributed by atoms with Crippen LogP contribution < -0.4 is 4.74 Å². The molecule has 1 saturated heterocycles. The summed E-state index contributed by atoms with van der Waals surface area (Å²) in [5.41, 5.74) is 0.371. The van der Waals surface area contributed by atoms with E-state index in [0.29, 0.717) is 27.6 Å². The summed E-state index contributed by atoms with van der Waals surface area (Å²) in [5, 5.41) is 15.3. The van der Waals surface area contributed by atoms with Crippen LogP contribution in [0.5, 0.6) is 11.5 Å². The number of benzene rings is 1. The Bertz CT molecular complexity index is 860. The fourth-order valence-corrected chi connectivity index (χ4v) is 5.44. The molecule has 0 unspecified atom stereocenters. The van der Waals surface area contributed by atoms with E-state index in [4.69, 9.17) is 4.74 Å². The van der Waals surface area contributed by atoms with Gasteiger partial charge in [-0.05, 0) is 58.2 Å². The summed E-state index contributed by atoms with van der Waals surface area (Å²) in [6.45, 7) is 0. The number of halogens is 1. The minimum absolute atomic E-state index is 0.0194. The summed E-state index contributed by atoms with van der Waals surface area (Å²) in [7, 11) is 1.52. The largest absolute Gasteiger partial charge is 0.506 e. The molecule has 2 amide bonds. The normalized spacial score (nSPS) is 36.6. The zero-order valence-corrected chi connectivity index (χ0v) is 15.6. The number of hydrogen-bond acceptors (Lipinski definition) is 5. The number of nitrogens with zero attached hydrogens (tertiary/aromatic N) is 2. The van der Waals surface area contributed by atoms with Crippen molar-refractivity contribution in [3.05, 3.63) is 34.3 Å². The van der Waals surface area contributed by atoms with Crippen molar-refractivity contribution in [3.63, 3.8) is 0 Å². The number of amides is 2. The Hall–Kier alpha value is -2.15. The topological polar surface area (TPSA) is 79.2 Å². The predicted molar refractivity (Wildman–Crippen MR) is 96.5 cm³/mol. The van der Waals surface area contributed by atoms with Gasteiger partial charge >= 0.3 is 0 Å². The lowest BCUT2D eigenvalue weighted by atomic mass is 9.63. The standard InChI is InChI=1S/C19H17BrN2O4/c1-26-9-4-8(17(23)14(20)5-9)7-21-22-18(24)15-10-2-3-11(13-6-12(10)13)16(15)19(22)25/h2-5,7,10-13,15-16,23H,6H2,1H3/b21-7-/t10-,11-,12-,13+,15-,16+/m0/s1. The highest BCUT2D eigenvalue weighted by Crippen LogP contribution is 2.65. The van der Waals surface area contributed by atoms with Crippen molar-refractivity contribution in [2.45, 2.75) is 6.42 Å². The van der Waals surface area contributed by atoms with Crippen LogP contribution in [-0.2, 0) is 9.59 Å². The number of carbonyl (C=O) groups is 2. The molecular weight excluding hydrogens is 400 g/mol. The molecule has 6 nitrogen and oxygen atoms in total. The van der Waals surface area contributed by atoms with Gasteiger partial charge in [-0.15, -0.1) is 0 Å². The van der Waals surface area contributed by atoms with E-state index in [1.54, 1.807) is 12.1 Å². The van der Waals surface area contributed by atoms with Gasteiger partial charge in [-0.2, -0.15) is 10.1 Å². The summed E-state index contributed by atoms with van der Waals surface area (Å²) in [4.78, 5) is 25.7. The fraction of sp³-hybridized carbons (Fsp3) is 0.421. The maximum absolute atomic E-state index is 12.9. The van der Waals surface area contributed by atoms with Crippen LogP contribution >= 0.6 is 15.9 Å². The van der Waals surface area contributed by atoms with Gasteiger partial charge in [-0.1, -0.05) is 12.2 Å². The number of ether oxygens (including phenoxy) is 1. The second kappa shape index (κ2) is 5.42. The Morgan fingerprint density at radius 1 is 1.19 bits per heavy atom. The molecule has 1 N–H and O–H groups in total. The van der Waals surface area contributed by atoms with Gasteiger partial charge in [0.15, 0.2) is 0 Å². The average molecular weight is 417 g/mol. The molecule has 6 rings (SSSR count). The summed E-state index contributed by atoms with van der Waals surface area (Å²) < 4.78 is 5.63. The molecule has 0 spiro atoms. The Kier molecular flexibility index (Phi) is 3.35. The van der Waals surface area contributed by atoms with Crippen molar-refractivity contribution in [1.29, 1.82) is 0 Å². The van der Waals surface area contributed by atoms with Crippen LogP contribution in [0.2, 0.25) is 0 Å². The van der Waals surface area contributed by atoms with Gasteiger partial charge in [-0.25, -0.2) is 0 Å². The number of phenols is 1. The van der Waals surface area contributed by atoms with E-state index in [9.17, 15) is 14.7 Å². The zero-order valence-electron chi connectivity index (χ0n) is 14.0. The lowest BCUT2D eigenvalue weighted by Crippen LogP contribution is -2.40. The Balaban J connectivity index is 1.46. The Labute approximate surface area is 158 Å². The highest BCUT2D eigenvalue weighted by molar-refractivity contribution is 9.10. The second-order valence-electron chi connectivity index (χ2n) is 7.43. The molecule has 134 valence electrons. The van der Waals surface area contributed by atoms with Crippen molar-refractivity contribution in [1.82, 2.24) is 5.01 Å². The van der Waals surface area contributed by atoms with Gasteiger partial charge in [0.25, 0.3) is 11.8 Å². The van der Waals surface area contributed by atoms with Gasteiger partial charge in [0.05, 0.1) is 29.6 Å². The third-order valence-electron chi connectivity index (χ3n) is 6.25. The van der Waals surface area contributed by atoms with Gasteiger partial charge < -0.3 is 9.84 Å². The number of aromatic hydroxyl groups is 1. The van der Waals surface area contributed by atoms with Crippen LogP contribution in [0, 0.1) is 35.5 Å². The van der Waals surface area contributed by atoms with Crippen LogP contribution in [0.25, 0.3) is 0 Å². The number of imide groups is 1.